The second-order valence-electron chi connectivity index (χ2n) is 4.64. The Morgan fingerprint density at radius 2 is 2.12 bits per heavy atom. The average Bonchev–Trinajstić information content (AvgIpc) is 2.16. The SMILES string of the molecule is CNCC(=O)c1cccc(CC(C)(C)O)c1. The molecule has 0 unspecified atom stereocenters. The fraction of sp³-hybridized carbons (Fsp3) is 0.462. The van der Waals surface area contributed by atoms with E-state index < -0.39 is 5.60 Å². The first kappa shape index (κ1) is 12.9. The fourth-order valence-corrected chi connectivity index (χ4v) is 1.62. The van der Waals surface area contributed by atoms with Crippen LogP contribution in [-0.4, -0.2) is 30.1 Å². The van der Waals surface area contributed by atoms with Gasteiger partial charge in [-0.15, -0.1) is 0 Å². The van der Waals surface area contributed by atoms with Crippen molar-refractivity contribution in [3.8, 4) is 0 Å². The van der Waals surface area contributed by atoms with Crippen LogP contribution in [0, 0.1) is 0 Å². The van der Waals surface area contributed by atoms with E-state index in [0.717, 1.165) is 5.56 Å². The lowest BCUT2D eigenvalue weighted by Gasteiger charge is -2.17. The standard InChI is InChI=1S/C13H19NO2/c1-13(2,16)8-10-5-4-6-11(7-10)12(15)9-14-3/h4-7,14,16H,8-9H2,1-3H3. The van der Waals surface area contributed by atoms with Crippen LogP contribution in [0.2, 0.25) is 0 Å². The van der Waals surface area contributed by atoms with Crippen LogP contribution in [0.1, 0.15) is 29.8 Å². The smallest absolute Gasteiger partial charge is 0.176 e. The minimum atomic E-state index is -0.745. The molecule has 0 spiro atoms. The van der Waals surface area contributed by atoms with E-state index in [1.54, 1.807) is 27.0 Å². The van der Waals surface area contributed by atoms with Gasteiger partial charge in [-0.25, -0.2) is 0 Å². The molecule has 0 atom stereocenters. The Kier molecular flexibility index (Phi) is 4.21. The Hall–Kier alpha value is -1.19. The number of hydrogen-bond acceptors (Lipinski definition) is 3. The molecule has 0 aromatic heterocycles. The normalized spacial score (nSPS) is 11.5. The van der Waals surface area contributed by atoms with E-state index in [-0.39, 0.29) is 5.78 Å². The van der Waals surface area contributed by atoms with Crippen molar-refractivity contribution < 1.29 is 9.90 Å². The van der Waals surface area contributed by atoms with Crippen LogP contribution >= 0.6 is 0 Å². The fourth-order valence-electron chi connectivity index (χ4n) is 1.62. The molecule has 0 bridgehead atoms. The maximum atomic E-state index is 11.6. The minimum absolute atomic E-state index is 0.0695. The summed E-state index contributed by atoms with van der Waals surface area (Å²) in [6.45, 7) is 3.86. The number of aliphatic hydroxyl groups is 1. The van der Waals surface area contributed by atoms with Gasteiger partial charge >= 0.3 is 0 Å². The molecule has 1 aromatic carbocycles. The van der Waals surface area contributed by atoms with Gasteiger partial charge in [0.2, 0.25) is 0 Å². The van der Waals surface area contributed by atoms with Crippen molar-refractivity contribution in [3.05, 3.63) is 35.4 Å². The number of Topliss-reactive ketones (excluding diaryl/α,β-unsaturated/α-hetero) is 1. The van der Waals surface area contributed by atoms with E-state index in [2.05, 4.69) is 5.32 Å². The molecule has 1 rings (SSSR count). The molecule has 0 saturated carbocycles. The number of ketones is 1. The van der Waals surface area contributed by atoms with Crippen LogP contribution in [0.25, 0.3) is 0 Å². The number of rotatable bonds is 5. The molecule has 0 aliphatic heterocycles. The van der Waals surface area contributed by atoms with Gasteiger partial charge in [-0.3, -0.25) is 4.79 Å². The third kappa shape index (κ3) is 4.13. The number of carbonyl (C=O) groups is 1. The zero-order chi connectivity index (χ0) is 12.2. The van der Waals surface area contributed by atoms with Gasteiger partial charge in [-0.2, -0.15) is 0 Å². The van der Waals surface area contributed by atoms with E-state index in [1.165, 1.54) is 0 Å². The van der Waals surface area contributed by atoms with Crippen LogP contribution in [-0.2, 0) is 6.42 Å². The molecule has 0 aliphatic carbocycles. The summed E-state index contributed by atoms with van der Waals surface area (Å²) in [6.07, 6.45) is 0.549. The van der Waals surface area contributed by atoms with Crippen molar-refractivity contribution in [2.45, 2.75) is 25.9 Å². The van der Waals surface area contributed by atoms with Crippen LogP contribution in [0.15, 0.2) is 24.3 Å². The molecule has 1 aromatic rings. The van der Waals surface area contributed by atoms with Crippen molar-refractivity contribution in [2.75, 3.05) is 13.6 Å². The third-order valence-electron chi connectivity index (χ3n) is 2.22. The van der Waals surface area contributed by atoms with Gasteiger partial charge in [0.15, 0.2) is 5.78 Å². The van der Waals surface area contributed by atoms with E-state index in [0.29, 0.717) is 18.5 Å². The summed E-state index contributed by atoms with van der Waals surface area (Å²) in [5.41, 5.74) is 0.926. The zero-order valence-electron chi connectivity index (χ0n) is 10.1. The second kappa shape index (κ2) is 5.23. The van der Waals surface area contributed by atoms with Crippen LogP contribution in [0.5, 0.6) is 0 Å². The maximum absolute atomic E-state index is 11.6. The maximum Gasteiger partial charge on any atom is 0.176 e. The molecule has 0 amide bonds. The van der Waals surface area contributed by atoms with Gasteiger partial charge in [0.25, 0.3) is 0 Å². The lowest BCUT2D eigenvalue weighted by Crippen LogP contribution is -2.22. The Bertz CT molecular complexity index is 366. The third-order valence-corrected chi connectivity index (χ3v) is 2.22. The number of benzene rings is 1. The Labute approximate surface area is 96.5 Å². The van der Waals surface area contributed by atoms with Crippen molar-refractivity contribution in [1.29, 1.82) is 0 Å². The molecule has 3 nitrogen and oxygen atoms in total. The van der Waals surface area contributed by atoms with Crippen molar-refractivity contribution in [2.24, 2.45) is 0 Å². The summed E-state index contributed by atoms with van der Waals surface area (Å²) in [6, 6.07) is 7.42. The molecule has 0 heterocycles. The number of carbonyl (C=O) groups excluding carboxylic acids is 1. The molecule has 16 heavy (non-hydrogen) atoms. The minimum Gasteiger partial charge on any atom is -0.390 e. The molecule has 0 radical (unpaired) electrons. The Morgan fingerprint density at radius 1 is 1.44 bits per heavy atom. The molecule has 0 saturated heterocycles. The highest BCUT2D eigenvalue weighted by atomic mass is 16.3. The lowest BCUT2D eigenvalue weighted by molar-refractivity contribution is 0.0808. The van der Waals surface area contributed by atoms with Gasteiger partial charge in [-0.05, 0) is 32.5 Å². The first-order valence-electron chi connectivity index (χ1n) is 5.41. The molecular formula is C13H19NO2. The van der Waals surface area contributed by atoms with Crippen LogP contribution in [0.3, 0.4) is 0 Å². The summed E-state index contributed by atoms with van der Waals surface area (Å²) in [5, 5.41) is 12.5. The summed E-state index contributed by atoms with van der Waals surface area (Å²) in [4.78, 5) is 11.6. The van der Waals surface area contributed by atoms with E-state index in [1.807, 2.05) is 18.2 Å². The van der Waals surface area contributed by atoms with Gasteiger partial charge in [-0.1, -0.05) is 18.2 Å². The predicted molar refractivity (Wildman–Crippen MR) is 64.7 cm³/mol. The molecule has 0 fully saturated rings. The van der Waals surface area contributed by atoms with Gasteiger partial charge < -0.3 is 10.4 Å². The van der Waals surface area contributed by atoms with Gasteiger partial charge in [0.05, 0.1) is 12.1 Å². The number of hydrogen-bond donors (Lipinski definition) is 2. The predicted octanol–water partition coefficient (Wildman–Crippen LogP) is 1.40. The molecule has 0 aliphatic rings. The quantitative estimate of drug-likeness (QED) is 0.739. The molecule has 3 heteroatoms. The largest absolute Gasteiger partial charge is 0.390 e. The Morgan fingerprint density at radius 3 is 2.69 bits per heavy atom. The van der Waals surface area contributed by atoms with Gasteiger partial charge in [0, 0.05) is 12.0 Å². The summed E-state index contributed by atoms with van der Waals surface area (Å²) < 4.78 is 0. The Balaban J connectivity index is 2.83. The van der Waals surface area contributed by atoms with E-state index >= 15 is 0 Å². The van der Waals surface area contributed by atoms with Gasteiger partial charge in [0.1, 0.15) is 0 Å². The van der Waals surface area contributed by atoms with Crippen LogP contribution < -0.4 is 5.32 Å². The van der Waals surface area contributed by atoms with Crippen molar-refractivity contribution >= 4 is 5.78 Å². The number of likely N-dealkylation sites (N-methyl/N-ethyl adjacent to an activating group) is 1. The topological polar surface area (TPSA) is 49.3 Å². The molecule has 88 valence electrons. The second-order valence-corrected chi connectivity index (χ2v) is 4.64. The summed E-state index contributed by atoms with van der Waals surface area (Å²) in [5.74, 6) is 0.0695. The van der Waals surface area contributed by atoms with Crippen molar-refractivity contribution in [1.82, 2.24) is 5.32 Å². The first-order valence-corrected chi connectivity index (χ1v) is 5.41. The molecular weight excluding hydrogens is 202 g/mol. The number of nitrogens with one attached hydrogen (secondary N) is 1. The zero-order valence-corrected chi connectivity index (χ0v) is 10.1. The lowest BCUT2D eigenvalue weighted by atomic mass is 9.96. The van der Waals surface area contributed by atoms with Crippen molar-refractivity contribution in [3.63, 3.8) is 0 Å². The highest BCUT2D eigenvalue weighted by Gasteiger charge is 2.14. The first-order chi connectivity index (χ1) is 7.42. The highest BCUT2D eigenvalue weighted by Crippen LogP contribution is 2.14. The average molecular weight is 221 g/mol. The van der Waals surface area contributed by atoms with E-state index in [4.69, 9.17) is 0 Å². The monoisotopic (exact) mass is 221 g/mol. The molecule has 2 N–H and O–H groups in total. The van der Waals surface area contributed by atoms with Crippen LogP contribution in [0.4, 0.5) is 0 Å². The summed E-state index contributed by atoms with van der Waals surface area (Å²) >= 11 is 0. The van der Waals surface area contributed by atoms with E-state index in [9.17, 15) is 9.90 Å². The highest BCUT2D eigenvalue weighted by molar-refractivity contribution is 5.97. The summed E-state index contributed by atoms with van der Waals surface area (Å²) in [7, 11) is 1.75.